The Morgan fingerprint density at radius 2 is 0.926 bits per heavy atom. The minimum Gasteiger partial charge on any atom is -0.505 e. The van der Waals surface area contributed by atoms with Crippen LogP contribution in [0.3, 0.4) is 0 Å². The highest BCUT2D eigenvalue weighted by Gasteiger charge is 2.24. The maximum atomic E-state index is 13.0. The zero-order valence-corrected chi connectivity index (χ0v) is 34.5. The fourth-order valence-electron chi connectivity index (χ4n) is 5.07. The van der Waals surface area contributed by atoms with Gasteiger partial charge in [-0.2, -0.15) is 16.8 Å². The number of nitrogens with zero attached hydrogens (tertiary/aromatic N) is 4. The molecule has 2 amide bonds. The van der Waals surface area contributed by atoms with E-state index in [4.69, 9.17) is 0 Å². The van der Waals surface area contributed by atoms with Gasteiger partial charge in [-0.05, 0) is 128 Å². The van der Waals surface area contributed by atoms with Crippen LogP contribution in [0.1, 0.15) is 0 Å². The number of hydrogen-bond acceptors (Lipinski definition) is 11. The number of aromatic hydroxyl groups is 2. The summed E-state index contributed by atoms with van der Waals surface area (Å²) in [7, 11) is -9.84. The molecule has 0 radical (unpaired) electrons. The van der Waals surface area contributed by atoms with E-state index in [1.807, 2.05) is 0 Å². The van der Waals surface area contributed by atoms with Crippen molar-refractivity contribution < 1.29 is 40.9 Å². The number of benzene rings is 6. The fourth-order valence-corrected chi connectivity index (χ4v) is 8.64. The molecule has 21 heteroatoms. The van der Waals surface area contributed by atoms with Crippen LogP contribution >= 0.6 is 63.7 Å². The van der Waals surface area contributed by atoms with Crippen LogP contribution in [0.25, 0.3) is 21.5 Å². The molecular weight excluding hydrogens is 1010 g/mol. The number of carbonyl (C=O) groups excluding carboxylic acids is 1. The normalized spacial score (nSPS) is 12.3. The van der Waals surface area contributed by atoms with E-state index >= 15 is 0 Å². The SMILES string of the molecule is O=C(Nc1ccc2c(O)c(N=Nc3ccc(Br)cc3Br)c(S(=O)(=O)O)cc2c1)Nc1ccc2c(O)c(N=Nc3ccc(Br)cc3Br)c(S(=O)(=O)O)cc2c1. The molecule has 0 aliphatic rings. The molecule has 276 valence electrons. The van der Waals surface area contributed by atoms with E-state index in [1.54, 1.807) is 36.4 Å². The van der Waals surface area contributed by atoms with Crippen molar-refractivity contribution in [2.24, 2.45) is 20.5 Å². The average molecular weight is 1030 g/mol. The Balaban J connectivity index is 1.28. The molecule has 0 spiro atoms. The van der Waals surface area contributed by atoms with E-state index in [-0.39, 0.29) is 32.9 Å². The third-order valence-corrected chi connectivity index (χ3v) is 11.5. The number of anilines is 2. The predicted molar refractivity (Wildman–Crippen MR) is 216 cm³/mol. The summed E-state index contributed by atoms with van der Waals surface area (Å²) in [5.74, 6) is -1.19. The highest BCUT2D eigenvalue weighted by molar-refractivity contribution is 9.11. The van der Waals surface area contributed by atoms with E-state index in [0.717, 1.165) is 21.1 Å². The third kappa shape index (κ3) is 8.62. The van der Waals surface area contributed by atoms with Crippen LogP contribution in [0.15, 0.2) is 133 Å². The minimum atomic E-state index is -4.92. The van der Waals surface area contributed by atoms with Gasteiger partial charge in [-0.1, -0.05) is 31.9 Å². The van der Waals surface area contributed by atoms with E-state index < -0.39 is 58.9 Å². The first kappa shape index (κ1) is 39.3. The van der Waals surface area contributed by atoms with Gasteiger partial charge in [0.15, 0.2) is 11.5 Å². The van der Waals surface area contributed by atoms with Gasteiger partial charge in [0.25, 0.3) is 20.2 Å². The van der Waals surface area contributed by atoms with Gasteiger partial charge in [0, 0.05) is 40.0 Å². The summed E-state index contributed by atoms with van der Waals surface area (Å²) in [5, 5.41) is 43.5. The largest absolute Gasteiger partial charge is 0.505 e. The number of fused-ring (bicyclic) bond motifs is 2. The second kappa shape index (κ2) is 15.4. The highest BCUT2D eigenvalue weighted by atomic mass is 79.9. The van der Waals surface area contributed by atoms with Crippen molar-refractivity contribution in [2.75, 3.05) is 10.6 Å². The molecule has 0 saturated carbocycles. The molecule has 6 aromatic rings. The third-order valence-electron chi connectivity index (χ3n) is 7.51. The molecule has 0 atom stereocenters. The van der Waals surface area contributed by atoms with E-state index in [9.17, 15) is 40.9 Å². The number of rotatable bonds is 8. The van der Waals surface area contributed by atoms with Crippen molar-refractivity contribution in [1.29, 1.82) is 0 Å². The standard InChI is InChI=1S/C33H20Br4N6O9S2/c34-17-1-7-25(23(36)13-17)40-42-29-27(53(47,48)49)11-15-9-19(3-5-21(15)31(29)44)38-33(46)39-20-4-6-22-16(10-20)12-28(54(50,51)52)30(32(22)45)43-41-26-8-2-18(35)14-24(26)37/h1-14,44-45H,(H2,38,39,46)(H,47,48,49)(H,50,51,52). The van der Waals surface area contributed by atoms with Gasteiger partial charge < -0.3 is 20.8 Å². The van der Waals surface area contributed by atoms with E-state index in [0.29, 0.717) is 20.3 Å². The molecule has 0 aliphatic carbocycles. The molecule has 54 heavy (non-hydrogen) atoms. The lowest BCUT2D eigenvalue weighted by atomic mass is 10.1. The summed E-state index contributed by atoms with van der Waals surface area (Å²) in [5.41, 5.74) is -0.106. The quantitative estimate of drug-likeness (QED) is 0.0627. The van der Waals surface area contributed by atoms with Crippen molar-refractivity contribution in [3.8, 4) is 11.5 Å². The first-order valence-electron chi connectivity index (χ1n) is 14.7. The molecular formula is C33H20Br4N6O9S2. The molecule has 0 unspecified atom stereocenters. The highest BCUT2D eigenvalue weighted by Crippen LogP contribution is 2.44. The van der Waals surface area contributed by atoms with Crippen LogP contribution < -0.4 is 10.6 Å². The Labute approximate surface area is 339 Å². The van der Waals surface area contributed by atoms with Crippen molar-refractivity contribution in [3.63, 3.8) is 0 Å². The number of carbonyl (C=O) groups is 1. The Bertz CT molecular complexity index is 2650. The van der Waals surface area contributed by atoms with Gasteiger partial charge in [0.1, 0.15) is 21.2 Å². The molecule has 0 bridgehead atoms. The number of amides is 2. The molecule has 6 N–H and O–H groups in total. The number of phenolic OH excluding ortho intramolecular Hbond substituents is 2. The fraction of sp³-hybridized carbons (Fsp3) is 0. The molecule has 6 aromatic carbocycles. The molecule has 0 aliphatic heterocycles. The van der Waals surface area contributed by atoms with Crippen LogP contribution in [0, 0.1) is 0 Å². The first-order valence-corrected chi connectivity index (χ1v) is 20.8. The second-order valence-corrected chi connectivity index (χ2v) is 17.5. The maximum Gasteiger partial charge on any atom is 0.323 e. The monoisotopic (exact) mass is 1020 g/mol. The predicted octanol–water partition coefficient (Wildman–Crippen LogP) is 11.4. The summed E-state index contributed by atoms with van der Waals surface area (Å²) in [4.78, 5) is 11.6. The Kier molecular flexibility index (Phi) is 11.2. The Morgan fingerprint density at radius 3 is 1.28 bits per heavy atom. The lowest BCUT2D eigenvalue weighted by molar-refractivity contribution is 0.262. The Morgan fingerprint density at radius 1 is 0.537 bits per heavy atom. The van der Waals surface area contributed by atoms with Crippen molar-refractivity contribution in [3.05, 3.63) is 103 Å². The van der Waals surface area contributed by atoms with Crippen molar-refractivity contribution >= 4 is 146 Å². The molecule has 0 aromatic heterocycles. The van der Waals surface area contributed by atoms with Gasteiger partial charge in [0.05, 0.1) is 11.4 Å². The lowest BCUT2D eigenvalue weighted by Crippen LogP contribution is -2.19. The zero-order chi connectivity index (χ0) is 39.1. The molecule has 15 nitrogen and oxygen atoms in total. The number of nitrogens with one attached hydrogen (secondary N) is 2. The lowest BCUT2D eigenvalue weighted by Gasteiger charge is -2.13. The van der Waals surface area contributed by atoms with Crippen LogP contribution in [0.5, 0.6) is 11.5 Å². The molecule has 0 heterocycles. The van der Waals surface area contributed by atoms with Gasteiger partial charge in [-0.25, -0.2) is 4.79 Å². The number of halogens is 4. The summed E-state index contributed by atoms with van der Waals surface area (Å²) < 4.78 is 71.8. The van der Waals surface area contributed by atoms with Crippen molar-refractivity contribution in [2.45, 2.75) is 9.79 Å². The van der Waals surface area contributed by atoms with Crippen LogP contribution in [-0.2, 0) is 20.2 Å². The summed E-state index contributed by atoms with van der Waals surface area (Å²) in [6, 6.07) is 19.5. The van der Waals surface area contributed by atoms with E-state index in [1.165, 1.54) is 36.4 Å². The van der Waals surface area contributed by atoms with Crippen LogP contribution in [-0.4, -0.2) is 42.2 Å². The Hall–Kier alpha value is -4.35. The molecule has 0 saturated heterocycles. The number of phenols is 2. The second-order valence-electron chi connectivity index (χ2n) is 11.1. The number of azo groups is 2. The summed E-state index contributed by atoms with van der Waals surface area (Å²) >= 11 is 13.3. The van der Waals surface area contributed by atoms with E-state index in [2.05, 4.69) is 94.8 Å². The van der Waals surface area contributed by atoms with Crippen molar-refractivity contribution in [1.82, 2.24) is 0 Å². The number of urea groups is 1. The first-order chi connectivity index (χ1) is 25.4. The minimum absolute atomic E-state index is 0.112. The molecule has 6 rings (SSSR count). The zero-order valence-electron chi connectivity index (χ0n) is 26.5. The topological polar surface area (TPSA) is 240 Å². The number of hydrogen-bond donors (Lipinski definition) is 6. The van der Waals surface area contributed by atoms with Gasteiger partial charge >= 0.3 is 6.03 Å². The van der Waals surface area contributed by atoms with Gasteiger partial charge in [0.2, 0.25) is 0 Å². The average Bonchev–Trinajstić information content (AvgIpc) is 3.07. The van der Waals surface area contributed by atoms with Gasteiger partial charge in [-0.15, -0.1) is 20.5 Å². The van der Waals surface area contributed by atoms with Gasteiger partial charge in [-0.3, -0.25) is 9.11 Å². The maximum absolute atomic E-state index is 13.0. The smallest absolute Gasteiger partial charge is 0.323 e. The summed E-state index contributed by atoms with van der Waals surface area (Å²) in [6.45, 7) is 0. The summed E-state index contributed by atoms with van der Waals surface area (Å²) in [6.07, 6.45) is 0. The van der Waals surface area contributed by atoms with Crippen LogP contribution in [0.4, 0.5) is 38.9 Å². The van der Waals surface area contributed by atoms with Crippen LogP contribution in [0.2, 0.25) is 0 Å². The molecule has 0 fully saturated rings.